The summed E-state index contributed by atoms with van der Waals surface area (Å²) >= 11 is 0. The summed E-state index contributed by atoms with van der Waals surface area (Å²) in [6.07, 6.45) is 0.854. The largest absolute Gasteiger partial charge is 0.502 e. The Hall–Kier alpha value is -1.96. The summed E-state index contributed by atoms with van der Waals surface area (Å²) in [5.74, 6) is -1.48. The molecule has 17 heavy (non-hydrogen) atoms. The van der Waals surface area contributed by atoms with Crippen LogP contribution in [-0.4, -0.2) is 30.5 Å². The van der Waals surface area contributed by atoms with Crippen LogP contribution in [0, 0.1) is 10.1 Å². The molecule has 7 nitrogen and oxygen atoms in total. The van der Waals surface area contributed by atoms with Crippen molar-refractivity contribution in [3.63, 3.8) is 0 Å². The minimum Gasteiger partial charge on any atom is -0.502 e. The van der Waals surface area contributed by atoms with Crippen molar-refractivity contribution in [1.82, 2.24) is 0 Å². The number of nitro benzene ring substituents is 1. The monoisotopic (exact) mass is 259 g/mol. The van der Waals surface area contributed by atoms with Crippen molar-refractivity contribution < 1.29 is 23.2 Å². The number of carbonyl (C=O) groups excluding carboxylic acids is 1. The number of hydrogen-bond acceptors (Lipinski definition) is 6. The van der Waals surface area contributed by atoms with Gasteiger partial charge in [-0.2, -0.15) is 0 Å². The lowest BCUT2D eigenvalue weighted by molar-refractivity contribution is -0.386. The molecule has 8 heteroatoms. The summed E-state index contributed by atoms with van der Waals surface area (Å²) in [7, 11) is -3.70. The first-order chi connectivity index (χ1) is 7.64. The summed E-state index contributed by atoms with van der Waals surface area (Å²) in [6.45, 7) is 1.07. The number of benzene rings is 1. The Labute approximate surface area is 96.8 Å². The molecule has 0 radical (unpaired) electrons. The highest BCUT2D eigenvalue weighted by atomic mass is 32.2. The topological polar surface area (TPSA) is 115 Å². The van der Waals surface area contributed by atoms with E-state index in [1.165, 1.54) is 0 Å². The van der Waals surface area contributed by atoms with Gasteiger partial charge in [-0.25, -0.2) is 8.42 Å². The molecule has 0 aromatic heterocycles. The van der Waals surface area contributed by atoms with Gasteiger partial charge in [0.1, 0.15) is 0 Å². The Morgan fingerprint density at radius 1 is 1.41 bits per heavy atom. The number of hydrogen-bond donors (Lipinski definition) is 1. The summed E-state index contributed by atoms with van der Waals surface area (Å²) in [6, 6.07) is 1.64. The fraction of sp³-hybridized carbons (Fsp3) is 0.222. The maximum absolute atomic E-state index is 11.3. The molecule has 0 bridgehead atoms. The van der Waals surface area contributed by atoms with Crippen LogP contribution in [0.25, 0.3) is 0 Å². The number of aromatic hydroxyl groups is 1. The Morgan fingerprint density at radius 2 is 1.94 bits per heavy atom. The van der Waals surface area contributed by atoms with E-state index in [0.717, 1.165) is 25.3 Å². The molecule has 0 saturated heterocycles. The average Bonchev–Trinajstić information content (AvgIpc) is 2.14. The standard InChI is InChI=1S/C9H9NO6S/c1-5(11)7-3-6(17(2,15)16)4-8(9(7)12)10(13)14/h3-4,12H,1-2H3. The summed E-state index contributed by atoms with van der Waals surface area (Å²) in [5, 5.41) is 20.1. The number of rotatable bonds is 3. The third kappa shape index (κ3) is 2.59. The minimum atomic E-state index is -3.70. The van der Waals surface area contributed by atoms with Crippen LogP contribution in [0.3, 0.4) is 0 Å². The SMILES string of the molecule is CC(=O)c1cc(S(C)(=O)=O)cc([N+](=O)[O-])c1O. The third-order valence-corrected chi connectivity index (χ3v) is 3.16. The molecular weight excluding hydrogens is 250 g/mol. The Bertz CT molecular complexity index is 569. The van der Waals surface area contributed by atoms with E-state index in [1.807, 2.05) is 0 Å². The molecule has 0 spiro atoms. The molecule has 0 heterocycles. The molecule has 92 valence electrons. The molecule has 0 aliphatic heterocycles. The van der Waals surface area contributed by atoms with Gasteiger partial charge in [0.2, 0.25) is 5.75 Å². The van der Waals surface area contributed by atoms with Crippen molar-refractivity contribution in [2.75, 3.05) is 6.26 Å². The Morgan fingerprint density at radius 3 is 2.29 bits per heavy atom. The van der Waals surface area contributed by atoms with Gasteiger partial charge in [0.15, 0.2) is 15.6 Å². The maximum Gasteiger partial charge on any atom is 0.312 e. The Balaban J connectivity index is 3.71. The van der Waals surface area contributed by atoms with Crippen LogP contribution in [0.2, 0.25) is 0 Å². The van der Waals surface area contributed by atoms with Gasteiger partial charge in [-0.05, 0) is 13.0 Å². The summed E-state index contributed by atoms with van der Waals surface area (Å²) in [5.41, 5.74) is -1.20. The zero-order valence-corrected chi connectivity index (χ0v) is 9.82. The average molecular weight is 259 g/mol. The van der Waals surface area contributed by atoms with E-state index in [1.54, 1.807) is 0 Å². The van der Waals surface area contributed by atoms with Crippen molar-refractivity contribution in [2.24, 2.45) is 0 Å². The van der Waals surface area contributed by atoms with Gasteiger partial charge >= 0.3 is 5.69 Å². The number of phenols is 1. The number of nitro groups is 1. The second-order valence-corrected chi connectivity index (χ2v) is 5.44. The highest BCUT2D eigenvalue weighted by Gasteiger charge is 2.24. The predicted molar refractivity (Wildman–Crippen MR) is 57.9 cm³/mol. The predicted octanol–water partition coefficient (Wildman–Crippen LogP) is 0.907. The maximum atomic E-state index is 11.3. The van der Waals surface area contributed by atoms with Gasteiger partial charge in [-0.15, -0.1) is 0 Å². The number of carbonyl (C=O) groups is 1. The van der Waals surface area contributed by atoms with E-state index in [2.05, 4.69) is 0 Å². The zero-order chi connectivity index (χ0) is 13.4. The molecule has 0 aliphatic carbocycles. The lowest BCUT2D eigenvalue weighted by atomic mass is 10.1. The third-order valence-electron chi connectivity index (χ3n) is 2.07. The van der Waals surface area contributed by atoms with Crippen molar-refractivity contribution in [1.29, 1.82) is 0 Å². The summed E-state index contributed by atoms with van der Waals surface area (Å²) in [4.78, 5) is 20.4. The smallest absolute Gasteiger partial charge is 0.312 e. The molecule has 0 fully saturated rings. The molecule has 1 rings (SSSR count). The molecule has 0 aliphatic rings. The van der Waals surface area contributed by atoms with E-state index in [4.69, 9.17) is 0 Å². The van der Waals surface area contributed by atoms with Crippen molar-refractivity contribution in [3.8, 4) is 5.75 Å². The molecule has 1 N–H and O–H groups in total. The highest BCUT2D eigenvalue weighted by molar-refractivity contribution is 7.90. The fourth-order valence-corrected chi connectivity index (χ4v) is 1.87. The van der Waals surface area contributed by atoms with Crippen LogP contribution in [-0.2, 0) is 9.84 Å². The van der Waals surface area contributed by atoms with Crippen LogP contribution < -0.4 is 0 Å². The van der Waals surface area contributed by atoms with Gasteiger partial charge in [-0.3, -0.25) is 14.9 Å². The zero-order valence-electron chi connectivity index (χ0n) is 9.00. The molecule has 0 atom stereocenters. The lowest BCUT2D eigenvalue weighted by Crippen LogP contribution is -2.03. The van der Waals surface area contributed by atoms with Gasteiger partial charge in [0.05, 0.1) is 15.4 Å². The lowest BCUT2D eigenvalue weighted by Gasteiger charge is -2.05. The fourth-order valence-electron chi connectivity index (χ4n) is 1.21. The number of Topliss-reactive ketones (excluding diaryl/α,β-unsaturated/α-hetero) is 1. The number of phenolic OH excluding ortho intramolecular Hbond substituents is 1. The van der Waals surface area contributed by atoms with Gasteiger partial charge < -0.3 is 5.11 Å². The molecule has 1 aromatic rings. The van der Waals surface area contributed by atoms with E-state index in [9.17, 15) is 28.4 Å². The Kier molecular flexibility index (Phi) is 3.18. The first-order valence-electron chi connectivity index (χ1n) is 4.37. The van der Waals surface area contributed by atoms with E-state index in [-0.39, 0.29) is 10.5 Å². The number of nitrogens with zero attached hydrogens (tertiary/aromatic N) is 1. The van der Waals surface area contributed by atoms with Gasteiger partial charge in [0.25, 0.3) is 0 Å². The molecule has 0 unspecified atom stereocenters. The first kappa shape index (κ1) is 13.1. The van der Waals surface area contributed by atoms with Crippen LogP contribution in [0.1, 0.15) is 17.3 Å². The van der Waals surface area contributed by atoms with Crippen LogP contribution in [0.15, 0.2) is 17.0 Å². The van der Waals surface area contributed by atoms with Crippen LogP contribution in [0.5, 0.6) is 5.75 Å². The van der Waals surface area contributed by atoms with Crippen LogP contribution in [0.4, 0.5) is 5.69 Å². The first-order valence-corrected chi connectivity index (χ1v) is 6.26. The molecular formula is C9H9NO6S. The summed E-state index contributed by atoms with van der Waals surface area (Å²) < 4.78 is 22.6. The van der Waals surface area contributed by atoms with E-state index < -0.39 is 32.0 Å². The van der Waals surface area contributed by atoms with Gasteiger partial charge in [-0.1, -0.05) is 0 Å². The van der Waals surface area contributed by atoms with E-state index in [0.29, 0.717) is 0 Å². The van der Waals surface area contributed by atoms with Crippen LogP contribution >= 0.6 is 0 Å². The van der Waals surface area contributed by atoms with Crippen molar-refractivity contribution in [3.05, 3.63) is 27.8 Å². The minimum absolute atomic E-state index is 0.382. The quantitative estimate of drug-likeness (QED) is 0.490. The molecule has 1 aromatic carbocycles. The van der Waals surface area contributed by atoms with E-state index >= 15 is 0 Å². The second-order valence-electron chi connectivity index (χ2n) is 3.42. The van der Waals surface area contributed by atoms with Crippen molar-refractivity contribution >= 4 is 21.3 Å². The second kappa shape index (κ2) is 4.13. The molecule has 0 saturated carbocycles. The number of sulfone groups is 1. The highest BCUT2D eigenvalue weighted by Crippen LogP contribution is 2.33. The number of ketones is 1. The van der Waals surface area contributed by atoms with Crippen molar-refractivity contribution in [2.45, 2.75) is 11.8 Å². The molecule has 0 amide bonds. The van der Waals surface area contributed by atoms with Gasteiger partial charge in [0, 0.05) is 12.3 Å². The normalized spacial score (nSPS) is 11.2.